The number of benzene rings is 2. The van der Waals surface area contributed by atoms with Crippen molar-refractivity contribution >= 4 is 37.7 Å². The molecule has 0 aliphatic carbocycles. The monoisotopic (exact) mass is 482 g/mol. The molecule has 4 rings (SSSR count). The molecular formula is C20H20BrFN2O4S. The lowest BCUT2D eigenvalue weighted by molar-refractivity contribution is 0.135. The van der Waals surface area contributed by atoms with Crippen molar-refractivity contribution in [1.29, 1.82) is 0 Å². The molecule has 2 aliphatic rings. The second-order valence-electron chi connectivity index (χ2n) is 7.24. The summed E-state index contributed by atoms with van der Waals surface area (Å²) in [5.74, 6) is -0.382. The predicted molar refractivity (Wildman–Crippen MR) is 110 cm³/mol. The highest BCUT2D eigenvalue weighted by atomic mass is 79.9. The van der Waals surface area contributed by atoms with Crippen LogP contribution >= 0.6 is 15.9 Å². The van der Waals surface area contributed by atoms with E-state index in [1.807, 2.05) is 6.92 Å². The third-order valence-corrected chi connectivity index (χ3v) is 8.19. The highest BCUT2D eigenvalue weighted by Gasteiger charge is 2.37. The molecule has 0 bridgehead atoms. The van der Waals surface area contributed by atoms with Gasteiger partial charge in [0.2, 0.25) is 10.0 Å². The van der Waals surface area contributed by atoms with E-state index in [2.05, 4.69) is 15.9 Å². The van der Waals surface area contributed by atoms with Gasteiger partial charge in [0, 0.05) is 29.2 Å². The summed E-state index contributed by atoms with van der Waals surface area (Å²) in [6.07, 6.45) is 0.468. The molecule has 9 heteroatoms. The molecule has 0 unspecified atom stereocenters. The number of fused-ring (bicyclic) bond motifs is 1. The van der Waals surface area contributed by atoms with Crippen LogP contribution in [-0.2, 0) is 21.4 Å². The molecule has 6 nitrogen and oxygen atoms in total. The van der Waals surface area contributed by atoms with Crippen LogP contribution in [-0.4, -0.2) is 37.9 Å². The van der Waals surface area contributed by atoms with Crippen LogP contribution in [0.3, 0.4) is 0 Å². The lowest BCUT2D eigenvalue weighted by Gasteiger charge is -2.39. The summed E-state index contributed by atoms with van der Waals surface area (Å²) in [5, 5.41) is 0. The van der Waals surface area contributed by atoms with Crippen LogP contribution in [0.4, 0.5) is 14.9 Å². The molecule has 1 amide bonds. The molecule has 0 spiro atoms. The van der Waals surface area contributed by atoms with Gasteiger partial charge in [-0.15, -0.1) is 0 Å². The number of nitrogens with zero attached hydrogens (tertiary/aromatic N) is 2. The van der Waals surface area contributed by atoms with E-state index in [0.717, 1.165) is 10.0 Å². The van der Waals surface area contributed by atoms with Gasteiger partial charge in [-0.05, 0) is 61.7 Å². The maximum absolute atomic E-state index is 13.5. The number of hydrogen-bond acceptors (Lipinski definition) is 4. The Morgan fingerprint density at radius 2 is 1.86 bits per heavy atom. The zero-order chi connectivity index (χ0) is 20.8. The van der Waals surface area contributed by atoms with Crippen LogP contribution in [0.2, 0.25) is 0 Å². The van der Waals surface area contributed by atoms with E-state index in [4.69, 9.17) is 4.74 Å². The third-order valence-electron chi connectivity index (χ3n) is 5.40. The Morgan fingerprint density at radius 1 is 1.14 bits per heavy atom. The topological polar surface area (TPSA) is 66.9 Å². The maximum Gasteiger partial charge on any atom is 0.414 e. The summed E-state index contributed by atoms with van der Waals surface area (Å²) in [6.45, 7) is 2.47. The van der Waals surface area contributed by atoms with Gasteiger partial charge in [-0.25, -0.2) is 17.6 Å². The molecule has 1 fully saturated rings. The minimum absolute atomic E-state index is 0.0402. The Kier molecular flexibility index (Phi) is 5.39. The highest BCUT2D eigenvalue weighted by molar-refractivity contribution is 9.10. The van der Waals surface area contributed by atoms with Gasteiger partial charge in [-0.2, -0.15) is 4.31 Å². The summed E-state index contributed by atoms with van der Waals surface area (Å²) in [6, 6.07) is 9.03. The second-order valence-corrected chi connectivity index (χ2v) is 10.0. The first-order valence-electron chi connectivity index (χ1n) is 9.28. The summed E-state index contributed by atoms with van der Waals surface area (Å²) >= 11 is 3.39. The molecule has 0 atom stereocenters. The average molecular weight is 483 g/mol. The van der Waals surface area contributed by atoms with Crippen molar-refractivity contribution < 1.29 is 22.3 Å². The molecule has 154 valence electrons. The highest BCUT2D eigenvalue weighted by Crippen LogP contribution is 2.33. The third kappa shape index (κ3) is 3.78. The van der Waals surface area contributed by atoms with Crippen LogP contribution in [0.25, 0.3) is 0 Å². The molecule has 2 aliphatic heterocycles. The van der Waals surface area contributed by atoms with Crippen LogP contribution in [0, 0.1) is 12.7 Å². The van der Waals surface area contributed by atoms with E-state index in [-0.39, 0.29) is 23.4 Å². The average Bonchev–Trinajstić information content (AvgIpc) is 2.70. The van der Waals surface area contributed by atoms with Crippen molar-refractivity contribution in [3.05, 3.63) is 57.8 Å². The molecule has 2 aromatic carbocycles. The van der Waals surface area contributed by atoms with E-state index in [9.17, 15) is 17.6 Å². The molecule has 0 saturated carbocycles. The number of rotatable bonds is 3. The van der Waals surface area contributed by atoms with Crippen LogP contribution in [0.1, 0.15) is 24.0 Å². The number of aryl methyl sites for hydroxylation is 1. The fourth-order valence-corrected chi connectivity index (χ4v) is 5.63. The lowest BCUT2D eigenvalue weighted by atomic mass is 10.0. The summed E-state index contributed by atoms with van der Waals surface area (Å²) in [5.41, 5.74) is 2.10. The number of cyclic esters (lactones) is 1. The Labute approximate surface area is 177 Å². The predicted octanol–water partition coefficient (Wildman–Crippen LogP) is 4.21. The standard InChI is InChI=1S/C20H20BrFN2O4S/c1-13-10-17(3-4-18(13)21)29(26,27)23-8-6-16(7-9-23)24-19-5-2-15(22)11-14(19)12-28-20(24)25/h2-5,10-11,16H,6-9,12H2,1H3. The summed E-state index contributed by atoms with van der Waals surface area (Å²) in [7, 11) is -3.61. The van der Waals surface area contributed by atoms with E-state index < -0.39 is 16.1 Å². The van der Waals surface area contributed by atoms with E-state index in [1.54, 1.807) is 24.3 Å². The second kappa shape index (κ2) is 7.70. The largest absolute Gasteiger partial charge is 0.444 e. The zero-order valence-corrected chi connectivity index (χ0v) is 18.2. The number of amides is 1. The fraction of sp³-hybridized carbons (Fsp3) is 0.350. The molecule has 2 heterocycles. The van der Waals surface area contributed by atoms with Gasteiger partial charge in [0.15, 0.2) is 0 Å². The minimum Gasteiger partial charge on any atom is -0.444 e. The number of hydrogen-bond donors (Lipinski definition) is 0. The molecule has 29 heavy (non-hydrogen) atoms. The van der Waals surface area contributed by atoms with Gasteiger partial charge >= 0.3 is 6.09 Å². The van der Waals surface area contributed by atoms with E-state index in [1.165, 1.54) is 21.3 Å². The number of piperidine rings is 1. The van der Waals surface area contributed by atoms with Crippen LogP contribution in [0.15, 0.2) is 45.8 Å². The smallest absolute Gasteiger partial charge is 0.414 e. The summed E-state index contributed by atoms with van der Waals surface area (Å²) < 4.78 is 47.0. The molecule has 0 aromatic heterocycles. The number of anilines is 1. The number of ether oxygens (including phenoxy) is 1. The Hall–Kier alpha value is -1.97. The van der Waals surface area contributed by atoms with Crippen molar-refractivity contribution in [3.63, 3.8) is 0 Å². The van der Waals surface area contributed by atoms with Crippen molar-refractivity contribution in [2.75, 3.05) is 18.0 Å². The van der Waals surface area contributed by atoms with Crippen LogP contribution < -0.4 is 4.90 Å². The van der Waals surface area contributed by atoms with Gasteiger partial charge in [0.05, 0.1) is 10.6 Å². The number of halogens is 2. The van der Waals surface area contributed by atoms with E-state index in [0.29, 0.717) is 37.2 Å². The lowest BCUT2D eigenvalue weighted by Crippen LogP contribution is -2.50. The first-order valence-corrected chi connectivity index (χ1v) is 11.5. The van der Waals surface area contributed by atoms with Gasteiger partial charge in [-0.3, -0.25) is 4.90 Å². The first kappa shape index (κ1) is 20.3. The van der Waals surface area contributed by atoms with Gasteiger partial charge < -0.3 is 4.74 Å². The Balaban J connectivity index is 1.52. The van der Waals surface area contributed by atoms with Crippen molar-refractivity contribution in [2.45, 2.75) is 37.3 Å². The van der Waals surface area contributed by atoms with Gasteiger partial charge in [-0.1, -0.05) is 15.9 Å². The molecule has 2 aromatic rings. The number of carbonyl (C=O) groups is 1. The fourth-order valence-electron chi connectivity index (χ4n) is 3.83. The minimum atomic E-state index is -3.61. The zero-order valence-electron chi connectivity index (χ0n) is 15.8. The van der Waals surface area contributed by atoms with E-state index >= 15 is 0 Å². The molecular weight excluding hydrogens is 463 g/mol. The SMILES string of the molecule is Cc1cc(S(=O)(=O)N2CCC(N3C(=O)OCc4cc(F)ccc43)CC2)ccc1Br. The molecule has 1 saturated heterocycles. The quantitative estimate of drug-likeness (QED) is 0.657. The molecule has 0 radical (unpaired) electrons. The normalized spacial score (nSPS) is 18.4. The maximum atomic E-state index is 13.5. The number of carbonyl (C=O) groups excluding carboxylic acids is 1. The van der Waals surface area contributed by atoms with Crippen molar-refractivity contribution in [2.24, 2.45) is 0 Å². The molecule has 0 N–H and O–H groups in total. The van der Waals surface area contributed by atoms with Crippen molar-refractivity contribution in [1.82, 2.24) is 4.31 Å². The van der Waals surface area contributed by atoms with Crippen LogP contribution in [0.5, 0.6) is 0 Å². The van der Waals surface area contributed by atoms with Gasteiger partial charge in [0.25, 0.3) is 0 Å². The Morgan fingerprint density at radius 3 is 2.55 bits per heavy atom. The van der Waals surface area contributed by atoms with Crippen molar-refractivity contribution in [3.8, 4) is 0 Å². The van der Waals surface area contributed by atoms with Gasteiger partial charge in [0.1, 0.15) is 12.4 Å². The summed E-state index contributed by atoms with van der Waals surface area (Å²) in [4.78, 5) is 14.2. The first-order chi connectivity index (χ1) is 13.8. The Bertz CT molecular complexity index is 1070. The number of sulfonamides is 1.